The standard InChI is InChI=1S/C34H43N3O4S/c1-41-33-31-8-4-3-7-27(31)15-18-32(33)28-19-23-37(24-20-28)22-6-5-21-35-34(38)29-11-9-25(10-12-29)26-13-16-30(17-14-26)36-42(2,39)40/h9-18,28,36H,3-8,19-24H2,1-2H3,(H,35,38). The zero-order valence-electron chi connectivity index (χ0n) is 24.8. The average molecular weight is 590 g/mol. The molecular formula is C34H43N3O4S. The van der Waals surface area contributed by atoms with Crippen LogP contribution in [0.2, 0.25) is 0 Å². The lowest BCUT2D eigenvalue weighted by molar-refractivity contribution is 0.0952. The molecule has 0 bridgehead atoms. The second-order valence-corrected chi connectivity index (χ2v) is 13.4. The zero-order valence-corrected chi connectivity index (χ0v) is 25.6. The van der Waals surface area contributed by atoms with Crippen LogP contribution in [0.25, 0.3) is 11.1 Å². The summed E-state index contributed by atoms with van der Waals surface area (Å²) < 4.78 is 31.2. The number of amides is 1. The number of carbonyl (C=O) groups excluding carboxylic acids is 1. The predicted molar refractivity (Wildman–Crippen MR) is 170 cm³/mol. The van der Waals surface area contributed by atoms with Crippen molar-refractivity contribution in [1.29, 1.82) is 0 Å². The number of aryl methyl sites for hydroxylation is 1. The largest absolute Gasteiger partial charge is 0.496 e. The van der Waals surface area contributed by atoms with E-state index in [0.29, 0.717) is 23.7 Å². The number of hydrogen-bond acceptors (Lipinski definition) is 5. The molecule has 3 aromatic rings. The number of benzene rings is 3. The Morgan fingerprint density at radius 3 is 2.24 bits per heavy atom. The predicted octanol–water partition coefficient (Wildman–Crippen LogP) is 6.00. The number of ether oxygens (including phenoxy) is 1. The van der Waals surface area contributed by atoms with E-state index in [9.17, 15) is 13.2 Å². The molecule has 1 heterocycles. The fraction of sp³-hybridized carbons (Fsp3) is 0.441. The van der Waals surface area contributed by atoms with Gasteiger partial charge in [-0.15, -0.1) is 0 Å². The van der Waals surface area contributed by atoms with E-state index in [0.717, 1.165) is 62.0 Å². The number of sulfonamides is 1. The van der Waals surface area contributed by atoms with Gasteiger partial charge in [0.15, 0.2) is 0 Å². The molecule has 3 aromatic carbocycles. The van der Waals surface area contributed by atoms with E-state index < -0.39 is 10.0 Å². The maximum Gasteiger partial charge on any atom is 0.251 e. The molecule has 0 aromatic heterocycles. The summed E-state index contributed by atoms with van der Waals surface area (Å²) in [5, 5.41) is 3.05. The number of carbonyl (C=O) groups is 1. The summed E-state index contributed by atoms with van der Waals surface area (Å²) in [6.45, 7) is 3.95. The Balaban J connectivity index is 1.02. The number of nitrogens with one attached hydrogen (secondary N) is 2. The molecule has 0 radical (unpaired) electrons. The summed E-state index contributed by atoms with van der Waals surface area (Å²) in [4.78, 5) is 15.2. The van der Waals surface area contributed by atoms with Crippen molar-refractivity contribution in [2.75, 3.05) is 44.3 Å². The molecular weight excluding hydrogens is 546 g/mol. The Morgan fingerprint density at radius 1 is 0.905 bits per heavy atom. The van der Waals surface area contributed by atoms with Gasteiger partial charge in [0, 0.05) is 17.8 Å². The van der Waals surface area contributed by atoms with Crippen molar-refractivity contribution in [3.8, 4) is 16.9 Å². The van der Waals surface area contributed by atoms with E-state index in [4.69, 9.17) is 4.74 Å². The minimum absolute atomic E-state index is 0.0611. The molecule has 1 aliphatic heterocycles. The monoisotopic (exact) mass is 589 g/mol. The second kappa shape index (κ2) is 13.7. The van der Waals surface area contributed by atoms with Crippen molar-refractivity contribution in [3.05, 3.63) is 82.9 Å². The lowest BCUT2D eigenvalue weighted by Gasteiger charge is -2.33. The fourth-order valence-corrected chi connectivity index (χ4v) is 6.93. The number of rotatable bonds is 11. The number of fused-ring (bicyclic) bond motifs is 1. The Labute approximate surface area is 250 Å². The molecule has 0 spiro atoms. The van der Waals surface area contributed by atoms with Crippen LogP contribution in [0.4, 0.5) is 5.69 Å². The van der Waals surface area contributed by atoms with E-state index in [1.807, 2.05) is 43.5 Å². The first-order valence-electron chi connectivity index (χ1n) is 15.2. The Kier molecular flexibility index (Phi) is 9.85. The molecule has 1 amide bonds. The summed E-state index contributed by atoms with van der Waals surface area (Å²) in [6.07, 6.45) is 10.4. The molecule has 8 heteroatoms. The summed E-state index contributed by atoms with van der Waals surface area (Å²) in [5.74, 6) is 1.67. The maximum absolute atomic E-state index is 12.7. The van der Waals surface area contributed by atoms with Crippen molar-refractivity contribution in [3.63, 3.8) is 0 Å². The topological polar surface area (TPSA) is 87.7 Å². The number of anilines is 1. The van der Waals surface area contributed by atoms with Gasteiger partial charge in [0.05, 0.1) is 13.4 Å². The van der Waals surface area contributed by atoms with Crippen molar-refractivity contribution in [2.24, 2.45) is 0 Å². The number of nitrogens with zero attached hydrogens (tertiary/aromatic N) is 1. The highest BCUT2D eigenvalue weighted by Crippen LogP contribution is 2.40. The lowest BCUT2D eigenvalue weighted by Crippen LogP contribution is -2.34. The molecule has 7 nitrogen and oxygen atoms in total. The third-order valence-corrected chi connectivity index (χ3v) is 9.20. The van der Waals surface area contributed by atoms with Crippen LogP contribution in [0.5, 0.6) is 5.75 Å². The van der Waals surface area contributed by atoms with E-state index >= 15 is 0 Å². The van der Waals surface area contributed by atoms with Crippen molar-refractivity contribution in [2.45, 2.75) is 57.3 Å². The Bertz CT molecular complexity index is 1460. The first-order chi connectivity index (χ1) is 20.3. The third kappa shape index (κ3) is 7.72. The van der Waals surface area contributed by atoms with Gasteiger partial charge in [0.25, 0.3) is 5.91 Å². The summed E-state index contributed by atoms with van der Waals surface area (Å²) in [5.41, 5.74) is 7.42. The molecule has 1 fully saturated rings. The van der Waals surface area contributed by atoms with Gasteiger partial charge in [0.1, 0.15) is 5.75 Å². The molecule has 1 saturated heterocycles. The highest BCUT2D eigenvalue weighted by atomic mass is 32.2. The molecule has 0 saturated carbocycles. The molecule has 224 valence electrons. The van der Waals surface area contributed by atoms with E-state index in [1.54, 1.807) is 12.1 Å². The number of likely N-dealkylation sites (tertiary alicyclic amines) is 1. The number of hydrogen-bond donors (Lipinski definition) is 2. The fourth-order valence-electron chi connectivity index (χ4n) is 6.37. The van der Waals surface area contributed by atoms with Crippen molar-refractivity contribution < 1.29 is 17.9 Å². The summed E-state index contributed by atoms with van der Waals surface area (Å²) in [7, 11) is -1.47. The van der Waals surface area contributed by atoms with Crippen LogP contribution in [0, 0.1) is 0 Å². The summed E-state index contributed by atoms with van der Waals surface area (Å²) >= 11 is 0. The van der Waals surface area contributed by atoms with Crippen LogP contribution < -0.4 is 14.8 Å². The first kappa shape index (κ1) is 30.1. The molecule has 5 rings (SSSR count). The minimum atomic E-state index is -3.30. The molecule has 0 atom stereocenters. The Morgan fingerprint density at radius 2 is 1.57 bits per heavy atom. The highest BCUT2D eigenvalue weighted by Gasteiger charge is 2.26. The van der Waals surface area contributed by atoms with E-state index in [-0.39, 0.29) is 5.91 Å². The van der Waals surface area contributed by atoms with E-state index in [1.165, 1.54) is 48.8 Å². The van der Waals surface area contributed by atoms with Crippen LogP contribution in [0.3, 0.4) is 0 Å². The molecule has 0 unspecified atom stereocenters. The molecule has 2 aliphatic rings. The summed E-state index contributed by atoms with van der Waals surface area (Å²) in [6, 6.07) is 19.3. The van der Waals surface area contributed by atoms with Gasteiger partial charge in [0.2, 0.25) is 10.0 Å². The minimum Gasteiger partial charge on any atom is -0.496 e. The molecule has 42 heavy (non-hydrogen) atoms. The van der Waals surface area contributed by atoms with Crippen molar-refractivity contribution >= 4 is 21.6 Å². The van der Waals surface area contributed by atoms with Gasteiger partial charge in [-0.05, 0) is 129 Å². The van der Waals surface area contributed by atoms with Gasteiger partial charge in [-0.1, -0.05) is 36.4 Å². The van der Waals surface area contributed by atoms with Crippen LogP contribution in [-0.2, 0) is 22.9 Å². The van der Waals surface area contributed by atoms with Gasteiger partial charge >= 0.3 is 0 Å². The van der Waals surface area contributed by atoms with Crippen LogP contribution in [-0.4, -0.2) is 58.8 Å². The van der Waals surface area contributed by atoms with Gasteiger partial charge < -0.3 is 15.0 Å². The van der Waals surface area contributed by atoms with Gasteiger partial charge in [-0.3, -0.25) is 9.52 Å². The zero-order chi connectivity index (χ0) is 29.5. The quantitative estimate of drug-likeness (QED) is 0.268. The van der Waals surface area contributed by atoms with Crippen LogP contribution in [0.15, 0.2) is 60.7 Å². The normalized spacial score (nSPS) is 16.0. The Hall–Kier alpha value is -3.36. The van der Waals surface area contributed by atoms with Crippen molar-refractivity contribution in [1.82, 2.24) is 10.2 Å². The first-order valence-corrected chi connectivity index (χ1v) is 17.1. The smallest absolute Gasteiger partial charge is 0.251 e. The average Bonchev–Trinajstić information content (AvgIpc) is 3.00. The number of unbranched alkanes of at least 4 members (excludes halogenated alkanes) is 1. The maximum atomic E-state index is 12.7. The molecule has 2 N–H and O–H groups in total. The van der Waals surface area contributed by atoms with E-state index in [2.05, 4.69) is 27.1 Å². The van der Waals surface area contributed by atoms with Gasteiger partial charge in [-0.2, -0.15) is 0 Å². The number of piperidine rings is 1. The highest BCUT2D eigenvalue weighted by molar-refractivity contribution is 7.92. The second-order valence-electron chi connectivity index (χ2n) is 11.6. The van der Waals surface area contributed by atoms with Crippen LogP contribution in [0.1, 0.15) is 71.5 Å². The van der Waals surface area contributed by atoms with Gasteiger partial charge in [-0.25, -0.2) is 8.42 Å². The van der Waals surface area contributed by atoms with Crippen LogP contribution >= 0.6 is 0 Å². The lowest BCUT2D eigenvalue weighted by atomic mass is 9.83. The molecule has 1 aliphatic carbocycles. The third-order valence-electron chi connectivity index (χ3n) is 8.60. The number of methoxy groups -OCH3 is 1. The SMILES string of the molecule is COc1c(C2CCN(CCCCNC(=O)c3ccc(-c4ccc(NS(C)(=O)=O)cc4)cc3)CC2)ccc2c1CCCC2.